The second kappa shape index (κ2) is 12.2. The Bertz CT molecular complexity index is 666. The monoisotopic (exact) mass is 349 g/mol. The summed E-state index contributed by atoms with van der Waals surface area (Å²) in [5.74, 6) is 0. The minimum Gasteiger partial charge on any atom is -0.211 e. The predicted octanol–water partition coefficient (Wildman–Crippen LogP) is 6.93. The van der Waals surface area contributed by atoms with Crippen molar-refractivity contribution in [1.29, 1.82) is 0 Å². The SMILES string of the molecule is CCCCCCCCCCc1ccc(Cc2ccc(N=C=O)cc2)cc1. The van der Waals surface area contributed by atoms with Crippen LogP contribution < -0.4 is 0 Å². The molecular formula is C24H31NO. The van der Waals surface area contributed by atoms with Crippen LogP contribution in [0.3, 0.4) is 0 Å². The van der Waals surface area contributed by atoms with Crippen LogP contribution in [0.2, 0.25) is 0 Å². The van der Waals surface area contributed by atoms with Gasteiger partial charge in [0.2, 0.25) is 6.08 Å². The molecule has 0 aliphatic rings. The van der Waals surface area contributed by atoms with Gasteiger partial charge in [0.1, 0.15) is 0 Å². The van der Waals surface area contributed by atoms with Crippen LogP contribution >= 0.6 is 0 Å². The number of aliphatic imine (C=N–C) groups is 1. The van der Waals surface area contributed by atoms with Crippen LogP contribution in [-0.2, 0) is 17.6 Å². The molecule has 0 atom stereocenters. The van der Waals surface area contributed by atoms with Crippen molar-refractivity contribution in [3.8, 4) is 0 Å². The lowest BCUT2D eigenvalue weighted by Crippen LogP contribution is -1.90. The van der Waals surface area contributed by atoms with Crippen LogP contribution in [0.1, 0.15) is 75.0 Å². The third-order valence-electron chi connectivity index (χ3n) is 4.86. The summed E-state index contributed by atoms with van der Waals surface area (Å²) in [6, 6.07) is 16.8. The molecule has 0 N–H and O–H groups in total. The number of unbranched alkanes of at least 4 members (excludes halogenated alkanes) is 7. The van der Waals surface area contributed by atoms with Gasteiger partial charge < -0.3 is 0 Å². The lowest BCUT2D eigenvalue weighted by atomic mass is 10.0. The molecule has 0 spiro atoms. The second-order valence-corrected chi connectivity index (χ2v) is 7.09. The third-order valence-corrected chi connectivity index (χ3v) is 4.86. The summed E-state index contributed by atoms with van der Waals surface area (Å²) >= 11 is 0. The van der Waals surface area contributed by atoms with E-state index in [0.717, 1.165) is 6.42 Å². The molecule has 2 aromatic rings. The summed E-state index contributed by atoms with van der Waals surface area (Å²) in [7, 11) is 0. The highest BCUT2D eigenvalue weighted by atomic mass is 16.1. The molecular weight excluding hydrogens is 318 g/mol. The first-order valence-electron chi connectivity index (χ1n) is 10.1. The fourth-order valence-electron chi connectivity index (χ4n) is 3.26. The second-order valence-electron chi connectivity index (χ2n) is 7.09. The Kier molecular flexibility index (Phi) is 9.46. The third kappa shape index (κ3) is 7.80. The van der Waals surface area contributed by atoms with E-state index in [2.05, 4.69) is 36.2 Å². The van der Waals surface area contributed by atoms with Gasteiger partial charge in [0.15, 0.2) is 0 Å². The molecule has 26 heavy (non-hydrogen) atoms. The zero-order chi connectivity index (χ0) is 18.5. The number of hydrogen-bond acceptors (Lipinski definition) is 2. The number of hydrogen-bond donors (Lipinski definition) is 0. The number of nitrogens with zero attached hydrogens (tertiary/aromatic N) is 1. The van der Waals surface area contributed by atoms with Crippen LogP contribution in [-0.4, -0.2) is 6.08 Å². The maximum atomic E-state index is 10.3. The minimum absolute atomic E-state index is 0.657. The van der Waals surface area contributed by atoms with E-state index in [9.17, 15) is 4.79 Å². The molecule has 0 bridgehead atoms. The molecule has 0 saturated carbocycles. The van der Waals surface area contributed by atoms with E-state index >= 15 is 0 Å². The van der Waals surface area contributed by atoms with Crippen LogP contribution in [0.25, 0.3) is 0 Å². The molecule has 2 heteroatoms. The molecule has 0 aromatic heterocycles. The molecule has 0 aliphatic carbocycles. The summed E-state index contributed by atoms with van der Waals surface area (Å²) in [5.41, 5.74) is 4.64. The van der Waals surface area contributed by atoms with E-state index in [1.165, 1.54) is 74.5 Å². The first kappa shape index (κ1) is 20.1. The normalized spacial score (nSPS) is 10.5. The zero-order valence-electron chi connectivity index (χ0n) is 16.0. The fraction of sp³-hybridized carbons (Fsp3) is 0.458. The smallest absolute Gasteiger partial charge is 0.211 e. The largest absolute Gasteiger partial charge is 0.240 e. The van der Waals surface area contributed by atoms with Gasteiger partial charge in [-0.15, -0.1) is 0 Å². The van der Waals surface area contributed by atoms with Crippen molar-refractivity contribution in [2.75, 3.05) is 0 Å². The first-order valence-corrected chi connectivity index (χ1v) is 10.1. The summed E-state index contributed by atoms with van der Waals surface area (Å²) in [6.07, 6.45) is 14.6. The van der Waals surface area contributed by atoms with Gasteiger partial charge in [-0.3, -0.25) is 0 Å². The van der Waals surface area contributed by atoms with E-state index in [-0.39, 0.29) is 0 Å². The predicted molar refractivity (Wildman–Crippen MR) is 110 cm³/mol. The average molecular weight is 350 g/mol. The van der Waals surface area contributed by atoms with Crippen LogP contribution in [0.5, 0.6) is 0 Å². The molecule has 0 fully saturated rings. The summed E-state index contributed by atoms with van der Waals surface area (Å²) in [6.45, 7) is 2.27. The molecule has 0 unspecified atom stereocenters. The number of isocyanates is 1. The maximum absolute atomic E-state index is 10.3. The Hall–Kier alpha value is -2.18. The van der Waals surface area contributed by atoms with Gasteiger partial charge in [-0.1, -0.05) is 88.3 Å². The van der Waals surface area contributed by atoms with E-state index in [1.54, 1.807) is 6.08 Å². The van der Waals surface area contributed by atoms with Gasteiger partial charge >= 0.3 is 0 Å². The van der Waals surface area contributed by atoms with Gasteiger partial charge in [0, 0.05) is 0 Å². The molecule has 0 saturated heterocycles. The van der Waals surface area contributed by atoms with E-state index in [4.69, 9.17) is 0 Å². The highest BCUT2D eigenvalue weighted by molar-refractivity contribution is 5.49. The van der Waals surface area contributed by atoms with Crippen molar-refractivity contribution < 1.29 is 4.79 Å². The lowest BCUT2D eigenvalue weighted by Gasteiger charge is -2.06. The summed E-state index contributed by atoms with van der Waals surface area (Å²) in [4.78, 5) is 13.9. The molecule has 0 heterocycles. The minimum atomic E-state index is 0.657. The first-order chi connectivity index (χ1) is 12.8. The van der Waals surface area contributed by atoms with Gasteiger partial charge in [0.05, 0.1) is 5.69 Å². The lowest BCUT2D eigenvalue weighted by molar-refractivity contribution is 0.565. The number of carbonyl (C=O) groups excluding carboxylic acids is 1. The Labute approximate surface area is 158 Å². The van der Waals surface area contributed by atoms with Crippen molar-refractivity contribution in [2.24, 2.45) is 4.99 Å². The molecule has 2 nitrogen and oxygen atoms in total. The number of rotatable bonds is 12. The van der Waals surface area contributed by atoms with Crippen LogP contribution in [0.15, 0.2) is 53.5 Å². The van der Waals surface area contributed by atoms with Gasteiger partial charge in [-0.05, 0) is 48.1 Å². The topological polar surface area (TPSA) is 29.4 Å². The average Bonchev–Trinajstić information content (AvgIpc) is 2.67. The maximum Gasteiger partial charge on any atom is 0.240 e. The molecule has 2 rings (SSSR count). The van der Waals surface area contributed by atoms with Gasteiger partial charge in [-0.2, -0.15) is 4.99 Å². The van der Waals surface area contributed by atoms with Crippen molar-refractivity contribution in [3.63, 3.8) is 0 Å². The number of aryl methyl sites for hydroxylation is 1. The fourth-order valence-corrected chi connectivity index (χ4v) is 3.26. The molecule has 0 radical (unpaired) electrons. The van der Waals surface area contributed by atoms with E-state index in [0.29, 0.717) is 5.69 Å². The molecule has 2 aromatic carbocycles. The zero-order valence-corrected chi connectivity index (χ0v) is 16.0. The van der Waals surface area contributed by atoms with E-state index < -0.39 is 0 Å². The Morgan fingerprint density at radius 1 is 0.692 bits per heavy atom. The van der Waals surface area contributed by atoms with Crippen molar-refractivity contribution >= 4 is 11.8 Å². The van der Waals surface area contributed by atoms with Crippen LogP contribution in [0, 0.1) is 0 Å². The van der Waals surface area contributed by atoms with Crippen molar-refractivity contribution in [3.05, 3.63) is 65.2 Å². The van der Waals surface area contributed by atoms with Gasteiger partial charge in [-0.25, -0.2) is 4.79 Å². The highest BCUT2D eigenvalue weighted by Gasteiger charge is 1.99. The van der Waals surface area contributed by atoms with Crippen molar-refractivity contribution in [1.82, 2.24) is 0 Å². The summed E-state index contributed by atoms with van der Waals surface area (Å²) < 4.78 is 0. The summed E-state index contributed by atoms with van der Waals surface area (Å²) in [5, 5.41) is 0. The van der Waals surface area contributed by atoms with Crippen molar-refractivity contribution in [2.45, 2.75) is 71.1 Å². The quantitative estimate of drug-likeness (QED) is 0.232. The Balaban J connectivity index is 1.68. The number of benzene rings is 2. The molecule has 0 aliphatic heterocycles. The molecule has 138 valence electrons. The van der Waals surface area contributed by atoms with Crippen LogP contribution in [0.4, 0.5) is 5.69 Å². The molecule has 0 amide bonds. The highest BCUT2D eigenvalue weighted by Crippen LogP contribution is 2.17. The Morgan fingerprint density at radius 2 is 1.19 bits per heavy atom. The van der Waals surface area contributed by atoms with E-state index in [1.807, 2.05) is 24.3 Å². The standard InChI is InChI=1S/C24H31NO/c1-2-3-4-5-6-7-8-9-10-21-11-13-22(14-12-21)19-23-15-17-24(18-16-23)25-20-26/h11-18H,2-10,19H2,1H3. The Morgan fingerprint density at radius 3 is 1.77 bits per heavy atom. The van der Waals surface area contributed by atoms with Gasteiger partial charge in [0.25, 0.3) is 0 Å².